The zero-order valence-corrected chi connectivity index (χ0v) is 20.7. The van der Waals surface area contributed by atoms with Crippen molar-refractivity contribution < 1.29 is 18.3 Å². The number of nitrogens with zero attached hydrogens (tertiary/aromatic N) is 1. The van der Waals surface area contributed by atoms with Gasteiger partial charge in [0.15, 0.2) is 0 Å². The minimum absolute atomic E-state index is 0.0822. The minimum atomic E-state index is -3.83. The van der Waals surface area contributed by atoms with Crippen molar-refractivity contribution in [2.24, 2.45) is 17.8 Å². The molecule has 0 aromatic heterocycles. The molecule has 0 unspecified atom stereocenters. The van der Waals surface area contributed by atoms with E-state index in [0.717, 1.165) is 12.0 Å². The first-order valence-corrected chi connectivity index (χ1v) is 12.6. The number of rotatable bonds is 11. The van der Waals surface area contributed by atoms with Gasteiger partial charge in [0.1, 0.15) is 0 Å². The standard InChI is InChI=1S/C25H36N2O4S/c1-17(2)13-20-7-10-22(11-8-20)32(30,31)26-21-9-12-24(23(14-21)25(28)29)27(15-18(3)4)16-19(5)6/h7-12,14,17-19,26H,13,15-16H2,1-6H3,(H,28,29). The summed E-state index contributed by atoms with van der Waals surface area (Å²) in [6.45, 7) is 14.0. The zero-order valence-electron chi connectivity index (χ0n) is 19.9. The van der Waals surface area contributed by atoms with E-state index in [4.69, 9.17) is 0 Å². The van der Waals surface area contributed by atoms with Crippen LogP contribution in [0.15, 0.2) is 47.4 Å². The molecule has 0 saturated heterocycles. The predicted molar refractivity (Wildman–Crippen MR) is 131 cm³/mol. The number of benzene rings is 2. The Bertz CT molecular complexity index is 1000. The molecule has 6 nitrogen and oxygen atoms in total. The highest BCUT2D eigenvalue weighted by Gasteiger charge is 2.21. The second-order valence-corrected chi connectivity index (χ2v) is 11.3. The maximum Gasteiger partial charge on any atom is 0.337 e. The Hall–Kier alpha value is -2.54. The second-order valence-electron chi connectivity index (χ2n) is 9.58. The number of anilines is 2. The molecule has 7 heteroatoms. The Morgan fingerprint density at radius 1 is 0.906 bits per heavy atom. The van der Waals surface area contributed by atoms with Crippen molar-refractivity contribution >= 4 is 27.4 Å². The fourth-order valence-corrected chi connectivity index (χ4v) is 4.74. The van der Waals surface area contributed by atoms with Crippen LogP contribution in [0.1, 0.15) is 57.5 Å². The number of carboxylic acids is 1. The van der Waals surface area contributed by atoms with Gasteiger partial charge in [0.25, 0.3) is 10.0 Å². The molecule has 0 spiro atoms. The normalized spacial score (nSPS) is 11.9. The van der Waals surface area contributed by atoms with E-state index in [2.05, 4.69) is 51.2 Å². The number of carboxylic acid groups (broad SMARTS) is 1. The number of sulfonamides is 1. The van der Waals surface area contributed by atoms with Crippen LogP contribution < -0.4 is 9.62 Å². The molecule has 0 radical (unpaired) electrons. The predicted octanol–water partition coefficient (Wildman–Crippen LogP) is 5.50. The first kappa shape index (κ1) is 25.7. The smallest absolute Gasteiger partial charge is 0.337 e. The third-order valence-electron chi connectivity index (χ3n) is 4.87. The van der Waals surface area contributed by atoms with Gasteiger partial charge in [0.05, 0.1) is 16.1 Å². The lowest BCUT2D eigenvalue weighted by Crippen LogP contribution is -2.32. The van der Waals surface area contributed by atoms with Gasteiger partial charge < -0.3 is 10.0 Å². The molecule has 0 aliphatic carbocycles. The average Bonchev–Trinajstić information content (AvgIpc) is 2.66. The van der Waals surface area contributed by atoms with Crippen molar-refractivity contribution in [3.63, 3.8) is 0 Å². The van der Waals surface area contributed by atoms with Gasteiger partial charge in [-0.1, -0.05) is 53.7 Å². The quantitative estimate of drug-likeness (QED) is 0.462. The van der Waals surface area contributed by atoms with Crippen LogP contribution in [-0.4, -0.2) is 32.6 Å². The summed E-state index contributed by atoms with van der Waals surface area (Å²) in [5.41, 5.74) is 1.98. The largest absolute Gasteiger partial charge is 0.478 e. The van der Waals surface area contributed by atoms with E-state index < -0.39 is 16.0 Å². The Morgan fingerprint density at radius 3 is 1.94 bits per heavy atom. The molecule has 2 aromatic rings. The molecule has 176 valence electrons. The van der Waals surface area contributed by atoms with Gasteiger partial charge in [-0.2, -0.15) is 0 Å². The van der Waals surface area contributed by atoms with Gasteiger partial charge in [0, 0.05) is 18.8 Å². The van der Waals surface area contributed by atoms with E-state index in [9.17, 15) is 18.3 Å². The molecule has 0 saturated carbocycles. The highest BCUT2D eigenvalue weighted by Crippen LogP contribution is 2.28. The molecule has 0 bridgehead atoms. The van der Waals surface area contributed by atoms with Crippen LogP contribution in [0.4, 0.5) is 11.4 Å². The third kappa shape index (κ3) is 7.26. The molecule has 0 heterocycles. The van der Waals surface area contributed by atoms with E-state index in [1.54, 1.807) is 24.3 Å². The van der Waals surface area contributed by atoms with E-state index in [0.29, 0.717) is 36.5 Å². The van der Waals surface area contributed by atoms with Crippen molar-refractivity contribution in [2.45, 2.75) is 52.9 Å². The summed E-state index contributed by atoms with van der Waals surface area (Å²) >= 11 is 0. The first-order chi connectivity index (χ1) is 14.9. The van der Waals surface area contributed by atoms with Gasteiger partial charge in [-0.3, -0.25) is 4.72 Å². The SMILES string of the molecule is CC(C)Cc1ccc(S(=O)(=O)Nc2ccc(N(CC(C)C)CC(C)C)c(C(=O)O)c2)cc1. The van der Waals surface area contributed by atoms with Gasteiger partial charge in [-0.15, -0.1) is 0 Å². The van der Waals surface area contributed by atoms with Crippen molar-refractivity contribution in [2.75, 3.05) is 22.7 Å². The molecular weight excluding hydrogens is 424 g/mol. The van der Waals surface area contributed by atoms with Gasteiger partial charge in [-0.05, 0) is 60.1 Å². The van der Waals surface area contributed by atoms with Crippen LogP contribution in [0, 0.1) is 17.8 Å². The average molecular weight is 461 g/mol. The summed E-state index contributed by atoms with van der Waals surface area (Å²) in [4.78, 5) is 14.2. The maximum absolute atomic E-state index is 12.9. The fourth-order valence-electron chi connectivity index (χ4n) is 3.69. The number of hydrogen-bond acceptors (Lipinski definition) is 4. The Kier molecular flexibility index (Phi) is 8.73. The van der Waals surface area contributed by atoms with E-state index in [1.807, 2.05) is 12.1 Å². The third-order valence-corrected chi connectivity index (χ3v) is 6.27. The molecule has 32 heavy (non-hydrogen) atoms. The second kappa shape index (κ2) is 10.9. The van der Waals surface area contributed by atoms with E-state index >= 15 is 0 Å². The van der Waals surface area contributed by atoms with Crippen LogP contribution in [0.2, 0.25) is 0 Å². The lowest BCUT2D eigenvalue weighted by atomic mass is 10.0. The monoisotopic (exact) mass is 460 g/mol. The molecular formula is C25H36N2O4S. The summed E-state index contributed by atoms with van der Waals surface area (Å²) in [7, 11) is -3.83. The molecule has 0 aliphatic heterocycles. The summed E-state index contributed by atoms with van der Waals surface area (Å²) in [6.07, 6.45) is 0.875. The highest BCUT2D eigenvalue weighted by atomic mass is 32.2. The summed E-state index contributed by atoms with van der Waals surface area (Å²) in [5, 5.41) is 9.82. The number of hydrogen-bond donors (Lipinski definition) is 2. The highest BCUT2D eigenvalue weighted by molar-refractivity contribution is 7.92. The minimum Gasteiger partial charge on any atom is -0.478 e. The topological polar surface area (TPSA) is 86.7 Å². The molecule has 2 aromatic carbocycles. The van der Waals surface area contributed by atoms with Crippen molar-refractivity contribution in [3.8, 4) is 0 Å². The molecule has 0 amide bonds. The van der Waals surface area contributed by atoms with E-state index in [1.165, 1.54) is 6.07 Å². The Morgan fingerprint density at radius 2 is 1.47 bits per heavy atom. The van der Waals surface area contributed by atoms with Crippen molar-refractivity contribution in [3.05, 3.63) is 53.6 Å². The van der Waals surface area contributed by atoms with Crippen LogP contribution in [0.5, 0.6) is 0 Å². The van der Waals surface area contributed by atoms with Gasteiger partial charge >= 0.3 is 5.97 Å². The maximum atomic E-state index is 12.9. The summed E-state index contributed by atoms with van der Waals surface area (Å²) in [6, 6.07) is 11.5. The van der Waals surface area contributed by atoms with Crippen LogP contribution >= 0.6 is 0 Å². The molecule has 2 N–H and O–H groups in total. The number of carbonyl (C=O) groups is 1. The van der Waals surface area contributed by atoms with E-state index in [-0.39, 0.29) is 16.1 Å². The molecule has 0 aliphatic rings. The fraction of sp³-hybridized carbons (Fsp3) is 0.480. The zero-order chi connectivity index (χ0) is 24.1. The lowest BCUT2D eigenvalue weighted by Gasteiger charge is -2.30. The van der Waals surface area contributed by atoms with Crippen molar-refractivity contribution in [1.29, 1.82) is 0 Å². The number of nitrogens with one attached hydrogen (secondary N) is 1. The molecule has 0 fully saturated rings. The molecule has 0 atom stereocenters. The molecule has 2 rings (SSSR count). The summed E-state index contributed by atoms with van der Waals surface area (Å²) in [5.74, 6) is 0.102. The van der Waals surface area contributed by atoms with Crippen molar-refractivity contribution in [1.82, 2.24) is 0 Å². The lowest BCUT2D eigenvalue weighted by molar-refractivity contribution is 0.0697. The Balaban J connectivity index is 2.34. The Labute approximate surface area is 192 Å². The van der Waals surface area contributed by atoms with Crippen LogP contribution in [0.25, 0.3) is 0 Å². The van der Waals surface area contributed by atoms with Gasteiger partial charge in [-0.25, -0.2) is 13.2 Å². The van der Waals surface area contributed by atoms with Gasteiger partial charge in [0.2, 0.25) is 0 Å². The van der Waals surface area contributed by atoms with Crippen LogP contribution in [0.3, 0.4) is 0 Å². The summed E-state index contributed by atoms with van der Waals surface area (Å²) < 4.78 is 28.2. The first-order valence-electron chi connectivity index (χ1n) is 11.1. The van der Waals surface area contributed by atoms with Crippen LogP contribution in [-0.2, 0) is 16.4 Å². The number of aromatic carboxylic acids is 1.